The Morgan fingerprint density at radius 2 is 2.04 bits per heavy atom. The van der Waals surface area contributed by atoms with Crippen LogP contribution in [0.2, 0.25) is 0 Å². The Morgan fingerprint density at radius 3 is 2.73 bits per heavy atom. The van der Waals surface area contributed by atoms with E-state index in [2.05, 4.69) is 33.2 Å². The number of methoxy groups -OCH3 is 1. The van der Waals surface area contributed by atoms with E-state index in [0.717, 1.165) is 55.4 Å². The third-order valence-corrected chi connectivity index (χ3v) is 4.71. The Bertz CT molecular complexity index is 770. The van der Waals surface area contributed by atoms with E-state index in [4.69, 9.17) is 4.74 Å². The lowest BCUT2D eigenvalue weighted by molar-refractivity contribution is 0.0601. The SMILES string of the molecule is CCc1cc(N2CCC(Nc3cccc(C(=O)OC)c3)CC2)nc(C)n1. The summed E-state index contributed by atoms with van der Waals surface area (Å²) in [6, 6.07) is 9.95. The van der Waals surface area contributed by atoms with Crippen molar-refractivity contribution < 1.29 is 9.53 Å². The number of nitrogens with one attached hydrogen (secondary N) is 1. The number of piperidine rings is 1. The summed E-state index contributed by atoms with van der Waals surface area (Å²) in [5, 5.41) is 3.54. The number of ether oxygens (including phenoxy) is 1. The first-order chi connectivity index (χ1) is 12.6. The number of carbonyl (C=O) groups excluding carboxylic acids is 1. The molecule has 1 aliphatic rings. The van der Waals surface area contributed by atoms with E-state index in [1.807, 2.05) is 25.1 Å². The number of aryl methyl sites for hydroxylation is 2. The van der Waals surface area contributed by atoms with Gasteiger partial charge in [-0.2, -0.15) is 0 Å². The normalized spacial score (nSPS) is 15.0. The third kappa shape index (κ3) is 4.31. The molecule has 0 unspecified atom stereocenters. The van der Waals surface area contributed by atoms with Crippen LogP contribution in [-0.2, 0) is 11.2 Å². The average molecular weight is 354 g/mol. The van der Waals surface area contributed by atoms with Crippen LogP contribution in [-0.4, -0.2) is 42.2 Å². The lowest BCUT2D eigenvalue weighted by Gasteiger charge is -2.34. The van der Waals surface area contributed by atoms with Gasteiger partial charge in [-0.15, -0.1) is 0 Å². The number of anilines is 2. The molecule has 138 valence electrons. The molecule has 1 saturated heterocycles. The molecule has 0 amide bonds. The van der Waals surface area contributed by atoms with Crippen LogP contribution in [0.15, 0.2) is 30.3 Å². The van der Waals surface area contributed by atoms with Crippen molar-refractivity contribution in [1.29, 1.82) is 0 Å². The molecule has 0 aliphatic carbocycles. The first-order valence-electron chi connectivity index (χ1n) is 9.13. The molecule has 1 aliphatic heterocycles. The van der Waals surface area contributed by atoms with Crippen molar-refractivity contribution >= 4 is 17.5 Å². The molecule has 2 aromatic rings. The molecule has 6 nitrogen and oxygen atoms in total. The molecule has 1 aromatic carbocycles. The van der Waals surface area contributed by atoms with Gasteiger partial charge in [0.2, 0.25) is 0 Å². The van der Waals surface area contributed by atoms with E-state index in [0.29, 0.717) is 11.6 Å². The fourth-order valence-corrected chi connectivity index (χ4v) is 3.30. The molecule has 6 heteroatoms. The van der Waals surface area contributed by atoms with E-state index in [1.165, 1.54) is 7.11 Å². The monoisotopic (exact) mass is 354 g/mol. The van der Waals surface area contributed by atoms with Crippen molar-refractivity contribution in [2.75, 3.05) is 30.4 Å². The smallest absolute Gasteiger partial charge is 0.337 e. The predicted octanol–water partition coefficient (Wildman–Crippen LogP) is 3.21. The molecule has 3 rings (SSSR count). The fourth-order valence-electron chi connectivity index (χ4n) is 3.30. The van der Waals surface area contributed by atoms with Gasteiger partial charge in [0, 0.05) is 36.6 Å². The van der Waals surface area contributed by atoms with Crippen molar-refractivity contribution in [3.05, 3.63) is 47.4 Å². The van der Waals surface area contributed by atoms with Crippen molar-refractivity contribution in [3.8, 4) is 0 Å². The maximum absolute atomic E-state index is 11.7. The zero-order chi connectivity index (χ0) is 18.5. The number of aromatic nitrogens is 2. The van der Waals surface area contributed by atoms with Crippen LogP contribution in [0.3, 0.4) is 0 Å². The van der Waals surface area contributed by atoms with Crippen molar-refractivity contribution in [3.63, 3.8) is 0 Å². The maximum Gasteiger partial charge on any atom is 0.337 e. The molecule has 0 radical (unpaired) electrons. The zero-order valence-electron chi connectivity index (χ0n) is 15.7. The highest BCUT2D eigenvalue weighted by Gasteiger charge is 2.21. The van der Waals surface area contributed by atoms with Crippen LogP contribution in [0.1, 0.15) is 41.6 Å². The number of rotatable bonds is 5. The molecule has 0 atom stereocenters. The Morgan fingerprint density at radius 1 is 1.27 bits per heavy atom. The molecule has 0 bridgehead atoms. The molecule has 1 fully saturated rings. The minimum atomic E-state index is -0.311. The van der Waals surface area contributed by atoms with Crippen LogP contribution in [0, 0.1) is 6.92 Å². The molecule has 0 saturated carbocycles. The summed E-state index contributed by atoms with van der Waals surface area (Å²) in [4.78, 5) is 23.1. The standard InChI is InChI=1S/C20H26N4O2/c1-4-16-13-19(22-14(2)21-16)24-10-8-17(9-11-24)23-18-7-5-6-15(12-18)20(25)26-3/h5-7,12-13,17,23H,4,8-11H2,1-3H3. The van der Waals surface area contributed by atoms with Gasteiger partial charge >= 0.3 is 5.97 Å². The molecule has 1 N–H and O–H groups in total. The van der Waals surface area contributed by atoms with Gasteiger partial charge in [-0.05, 0) is 44.4 Å². The molecular weight excluding hydrogens is 328 g/mol. The van der Waals surface area contributed by atoms with Gasteiger partial charge in [0.25, 0.3) is 0 Å². The zero-order valence-corrected chi connectivity index (χ0v) is 15.7. The first-order valence-corrected chi connectivity index (χ1v) is 9.13. The summed E-state index contributed by atoms with van der Waals surface area (Å²) < 4.78 is 4.79. The van der Waals surface area contributed by atoms with Gasteiger partial charge in [0.15, 0.2) is 0 Å². The van der Waals surface area contributed by atoms with Crippen LogP contribution in [0.25, 0.3) is 0 Å². The minimum absolute atomic E-state index is 0.311. The van der Waals surface area contributed by atoms with Crippen molar-refractivity contribution in [2.45, 2.75) is 39.2 Å². The fraction of sp³-hybridized carbons (Fsp3) is 0.450. The van der Waals surface area contributed by atoms with Crippen LogP contribution in [0.5, 0.6) is 0 Å². The van der Waals surface area contributed by atoms with Gasteiger partial charge in [-0.3, -0.25) is 0 Å². The highest BCUT2D eigenvalue weighted by atomic mass is 16.5. The first kappa shape index (κ1) is 18.2. The Hall–Kier alpha value is -2.63. The Labute approximate surface area is 154 Å². The summed E-state index contributed by atoms with van der Waals surface area (Å²) in [5.74, 6) is 1.55. The van der Waals surface area contributed by atoms with E-state index >= 15 is 0 Å². The highest BCUT2D eigenvalue weighted by Crippen LogP contribution is 2.22. The molecule has 1 aromatic heterocycles. The Balaban J connectivity index is 1.61. The summed E-state index contributed by atoms with van der Waals surface area (Å²) in [6.07, 6.45) is 2.96. The second-order valence-corrected chi connectivity index (χ2v) is 6.60. The quantitative estimate of drug-likeness (QED) is 0.832. The van der Waals surface area contributed by atoms with Gasteiger partial charge < -0.3 is 15.0 Å². The molecule has 26 heavy (non-hydrogen) atoms. The van der Waals surface area contributed by atoms with E-state index in [9.17, 15) is 4.79 Å². The summed E-state index contributed by atoms with van der Waals surface area (Å²) in [7, 11) is 1.40. The van der Waals surface area contributed by atoms with Crippen molar-refractivity contribution in [2.24, 2.45) is 0 Å². The predicted molar refractivity (Wildman–Crippen MR) is 103 cm³/mol. The van der Waals surface area contributed by atoms with E-state index in [-0.39, 0.29) is 5.97 Å². The molecular formula is C20H26N4O2. The number of hydrogen-bond donors (Lipinski definition) is 1. The van der Waals surface area contributed by atoms with Gasteiger partial charge in [-0.1, -0.05) is 13.0 Å². The summed E-state index contributed by atoms with van der Waals surface area (Å²) >= 11 is 0. The number of benzene rings is 1. The van der Waals surface area contributed by atoms with Gasteiger partial charge in [0.1, 0.15) is 11.6 Å². The second kappa shape index (κ2) is 8.17. The maximum atomic E-state index is 11.7. The van der Waals surface area contributed by atoms with Gasteiger partial charge in [-0.25, -0.2) is 14.8 Å². The van der Waals surface area contributed by atoms with Crippen LogP contribution >= 0.6 is 0 Å². The topological polar surface area (TPSA) is 67.4 Å². The molecule has 0 spiro atoms. The summed E-state index contributed by atoms with van der Waals surface area (Å²) in [6.45, 7) is 5.97. The lowest BCUT2D eigenvalue weighted by Crippen LogP contribution is -2.39. The third-order valence-electron chi connectivity index (χ3n) is 4.71. The summed E-state index contributed by atoms with van der Waals surface area (Å²) in [5.41, 5.74) is 2.61. The number of nitrogens with zero attached hydrogens (tertiary/aromatic N) is 3. The van der Waals surface area contributed by atoms with Crippen molar-refractivity contribution in [1.82, 2.24) is 9.97 Å². The van der Waals surface area contributed by atoms with E-state index < -0.39 is 0 Å². The Kier molecular flexibility index (Phi) is 5.71. The van der Waals surface area contributed by atoms with Gasteiger partial charge in [0.05, 0.1) is 12.7 Å². The number of hydrogen-bond acceptors (Lipinski definition) is 6. The average Bonchev–Trinajstić information content (AvgIpc) is 2.67. The number of esters is 1. The van der Waals surface area contributed by atoms with Crippen LogP contribution < -0.4 is 10.2 Å². The second-order valence-electron chi connectivity index (χ2n) is 6.60. The number of carbonyl (C=O) groups is 1. The molecule has 2 heterocycles. The van der Waals surface area contributed by atoms with Crippen LogP contribution in [0.4, 0.5) is 11.5 Å². The minimum Gasteiger partial charge on any atom is -0.465 e. The highest BCUT2D eigenvalue weighted by molar-refractivity contribution is 5.90. The lowest BCUT2D eigenvalue weighted by atomic mass is 10.0. The largest absolute Gasteiger partial charge is 0.465 e. The van der Waals surface area contributed by atoms with E-state index in [1.54, 1.807) is 6.07 Å².